The van der Waals surface area contributed by atoms with Gasteiger partial charge in [-0.1, -0.05) is 0 Å². The predicted octanol–water partition coefficient (Wildman–Crippen LogP) is 6.58. The van der Waals surface area contributed by atoms with Crippen LogP contribution in [0.3, 0.4) is 0 Å². The zero-order valence-electron chi connectivity index (χ0n) is 14.8. The van der Waals surface area contributed by atoms with Crippen LogP contribution in [-0.2, 0) is 10.1 Å². The molecule has 0 amide bonds. The van der Waals surface area contributed by atoms with Crippen LogP contribution < -0.4 is 0 Å². The van der Waals surface area contributed by atoms with E-state index in [2.05, 4.69) is 37.3 Å². The first kappa shape index (κ1) is 21.5. The number of hydrogen-bond acceptors (Lipinski definition) is 2. The molecule has 1 unspecified atom stereocenters. The molecule has 0 aliphatic carbocycles. The summed E-state index contributed by atoms with van der Waals surface area (Å²) < 4.78 is 5.28. The normalized spacial score (nSPS) is 12.1. The Morgan fingerprint density at radius 3 is 2.42 bits per heavy atom. The van der Waals surface area contributed by atoms with Gasteiger partial charge in [-0.25, -0.2) is 0 Å². The van der Waals surface area contributed by atoms with Crippen molar-refractivity contribution in [2.45, 2.75) is 81.5 Å². The number of hydrogen-bond donors (Lipinski definition) is 0. The topological polar surface area (TPSA) is 26.3 Å². The van der Waals surface area contributed by atoms with Crippen LogP contribution in [0, 0.1) is 0 Å². The van der Waals surface area contributed by atoms with Crippen LogP contribution in [0.1, 0.15) is 70.3 Å². The molecule has 0 saturated heterocycles. The summed E-state index contributed by atoms with van der Waals surface area (Å²) in [5.41, 5.74) is 0.772. The molecule has 24 heavy (non-hydrogen) atoms. The van der Waals surface area contributed by atoms with Gasteiger partial charge in [-0.3, -0.25) is 0 Å². The van der Waals surface area contributed by atoms with Crippen LogP contribution in [0.2, 0.25) is 5.32 Å². The quantitative estimate of drug-likeness (QED) is 0.194. The number of halogens is 1. The van der Waals surface area contributed by atoms with E-state index in [0.29, 0.717) is 15.0 Å². The molecule has 1 rings (SSSR count). The van der Waals surface area contributed by atoms with Gasteiger partial charge in [0.1, 0.15) is 0 Å². The molecule has 0 aromatic heterocycles. The van der Waals surface area contributed by atoms with Gasteiger partial charge in [-0.2, -0.15) is 0 Å². The van der Waals surface area contributed by atoms with Crippen molar-refractivity contribution in [1.29, 1.82) is 0 Å². The second-order valence-corrected chi connectivity index (χ2v) is 8.84. The summed E-state index contributed by atoms with van der Waals surface area (Å²) in [6.45, 7) is 2.23. The average molecular weight is 418 g/mol. The second kappa shape index (κ2) is 14.8. The number of carbonyl (C=O) groups excluding carboxylic acids is 1. The molecule has 0 saturated carbocycles. The fourth-order valence-electron chi connectivity index (χ4n) is 2.72. The fourth-order valence-corrected chi connectivity index (χ4v) is 4.83. The van der Waals surface area contributed by atoms with E-state index < -0.39 is 5.43 Å². The number of carbonyl (C=O) groups is 1. The summed E-state index contributed by atoms with van der Waals surface area (Å²) in [5, 5.41) is 2.42. The van der Waals surface area contributed by atoms with Crippen molar-refractivity contribution in [3.05, 3.63) is 35.9 Å². The maximum atomic E-state index is 11.0. The SMILES string of the molecule is CCCCCCCCC(CCC[Se]Cc1ccccc1)OC(=O)Cl. The van der Waals surface area contributed by atoms with Crippen molar-refractivity contribution < 1.29 is 9.53 Å². The zero-order chi connectivity index (χ0) is 17.5. The van der Waals surface area contributed by atoms with Crippen molar-refractivity contribution in [3.63, 3.8) is 0 Å². The summed E-state index contributed by atoms with van der Waals surface area (Å²) in [5.74, 6) is 0. The van der Waals surface area contributed by atoms with Crippen molar-refractivity contribution in [2.24, 2.45) is 0 Å². The third-order valence-corrected chi connectivity index (χ3v) is 6.49. The molecule has 1 atom stereocenters. The van der Waals surface area contributed by atoms with Crippen LogP contribution >= 0.6 is 11.6 Å². The van der Waals surface area contributed by atoms with Crippen LogP contribution in [0.5, 0.6) is 0 Å². The number of ether oxygens (including phenoxy) is 1. The van der Waals surface area contributed by atoms with Gasteiger partial charge < -0.3 is 0 Å². The van der Waals surface area contributed by atoms with E-state index in [1.54, 1.807) is 0 Å². The van der Waals surface area contributed by atoms with E-state index in [1.807, 2.05) is 0 Å². The van der Waals surface area contributed by atoms with Crippen molar-refractivity contribution >= 4 is 32.0 Å². The Hall–Kier alpha value is -0.501. The van der Waals surface area contributed by atoms with E-state index in [0.717, 1.165) is 25.7 Å². The summed E-state index contributed by atoms with van der Waals surface area (Å²) in [6.07, 6.45) is 10.6. The van der Waals surface area contributed by atoms with Gasteiger partial charge in [0.15, 0.2) is 0 Å². The van der Waals surface area contributed by atoms with Gasteiger partial charge >= 0.3 is 159 Å². The van der Waals surface area contributed by atoms with E-state index in [9.17, 15) is 4.79 Å². The first-order valence-electron chi connectivity index (χ1n) is 9.20. The van der Waals surface area contributed by atoms with Crippen molar-refractivity contribution in [1.82, 2.24) is 0 Å². The van der Waals surface area contributed by atoms with E-state index in [1.165, 1.54) is 48.3 Å². The third kappa shape index (κ3) is 11.9. The van der Waals surface area contributed by atoms with Crippen molar-refractivity contribution in [2.75, 3.05) is 0 Å². The predicted molar refractivity (Wildman–Crippen MR) is 104 cm³/mol. The van der Waals surface area contributed by atoms with Crippen LogP contribution in [0.15, 0.2) is 30.3 Å². The molecule has 0 aliphatic rings. The Bertz CT molecular complexity index is 425. The molecule has 0 radical (unpaired) electrons. The van der Waals surface area contributed by atoms with Gasteiger partial charge in [-0.15, -0.1) is 0 Å². The Kier molecular flexibility index (Phi) is 13.3. The second-order valence-electron chi connectivity index (χ2n) is 6.21. The molecule has 1 aromatic rings. The van der Waals surface area contributed by atoms with Gasteiger partial charge in [0.25, 0.3) is 0 Å². The number of unbranched alkanes of at least 4 members (excludes halogenated alkanes) is 5. The van der Waals surface area contributed by atoms with Crippen LogP contribution in [0.25, 0.3) is 0 Å². The molecule has 0 bridgehead atoms. The molecule has 4 heteroatoms. The average Bonchev–Trinajstić information content (AvgIpc) is 2.58. The molecule has 0 spiro atoms. The Morgan fingerprint density at radius 2 is 1.71 bits per heavy atom. The summed E-state index contributed by atoms with van der Waals surface area (Å²) in [6, 6.07) is 10.6. The van der Waals surface area contributed by atoms with Crippen LogP contribution in [0.4, 0.5) is 4.79 Å². The van der Waals surface area contributed by atoms with E-state index in [-0.39, 0.29) is 6.10 Å². The van der Waals surface area contributed by atoms with E-state index in [4.69, 9.17) is 16.3 Å². The minimum absolute atomic E-state index is 0.00806. The maximum absolute atomic E-state index is 11.0. The Labute approximate surface area is 158 Å². The van der Waals surface area contributed by atoms with Crippen LogP contribution in [-0.4, -0.2) is 26.5 Å². The molecule has 1 aromatic carbocycles. The number of rotatable bonds is 14. The van der Waals surface area contributed by atoms with Gasteiger partial charge in [0.2, 0.25) is 0 Å². The Morgan fingerprint density at radius 1 is 1.04 bits per heavy atom. The summed E-state index contributed by atoms with van der Waals surface area (Å²) in [4.78, 5) is 11.0. The summed E-state index contributed by atoms with van der Waals surface area (Å²) >= 11 is 6.04. The first-order chi connectivity index (χ1) is 11.7. The van der Waals surface area contributed by atoms with Crippen molar-refractivity contribution in [3.8, 4) is 0 Å². The van der Waals surface area contributed by atoms with Gasteiger partial charge in [0, 0.05) is 0 Å². The molecule has 136 valence electrons. The molecule has 0 aliphatic heterocycles. The molecular formula is C20H31ClO2Se. The summed E-state index contributed by atoms with van der Waals surface area (Å²) in [7, 11) is 0. The number of benzene rings is 1. The molecular weight excluding hydrogens is 387 g/mol. The fraction of sp³-hybridized carbons (Fsp3) is 0.650. The first-order valence-corrected chi connectivity index (χ1v) is 12.0. The van der Waals surface area contributed by atoms with E-state index >= 15 is 0 Å². The Balaban J connectivity index is 2.11. The van der Waals surface area contributed by atoms with Gasteiger partial charge in [-0.05, 0) is 0 Å². The zero-order valence-corrected chi connectivity index (χ0v) is 17.3. The minimum atomic E-state index is -0.652. The third-order valence-electron chi connectivity index (χ3n) is 4.07. The molecule has 0 fully saturated rings. The molecule has 2 nitrogen and oxygen atoms in total. The molecule has 0 heterocycles. The monoisotopic (exact) mass is 418 g/mol. The standard InChI is InChI=1S/C20H31ClO2Se/c1-2-3-4-5-6-10-14-19(23-20(21)22)15-11-16-24-17-18-12-8-7-9-13-18/h7-9,12-13,19H,2-6,10-11,14-17H2,1H3. The van der Waals surface area contributed by atoms with Gasteiger partial charge in [0.05, 0.1) is 0 Å². The molecule has 0 N–H and O–H groups in total.